The van der Waals surface area contributed by atoms with Gasteiger partial charge in [-0.15, -0.1) is 0 Å². The molecular formula is C20H24N2O4. The first-order valence-corrected chi connectivity index (χ1v) is 8.79. The highest BCUT2D eigenvalue weighted by molar-refractivity contribution is 5.89. The lowest BCUT2D eigenvalue weighted by Crippen LogP contribution is -2.32. The van der Waals surface area contributed by atoms with Gasteiger partial charge in [0.2, 0.25) is 0 Å². The molecule has 26 heavy (non-hydrogen) atoms. The second-order valence-electron chi connectivity index (χ2n) is 6.31. The molecule has 138 valence electrons. The SMILES string of the molecule is CC(C)c1ccc(OCCNC(=O)Nc2ccc3c(c2)OCCO3)cc1. The van der Waals surface area contributed by atoms with E-state index in [-0.39, 0.29) is 6.03 Å². The third-order valence-corrected chi connectivity index (χ3v) is 4.00. The predicted octanol–water partition coefficient (Wildman–Crippen LogP) is 3.78. The van der Waals surface area contributed by atoms with Crippen LogP contribution in [0.25, 0.3) is 0 Å². The first-order valence-electron chi connectivity index (χ1n) is 8.79. The normalized spacial score (nSPS) is 12.6. The van der Waals surface area contributed by atoms with Gasteiger partial charge in [0.15, 0.2) is 11.5 Å². The number of nitrogens with one attached hydrogen (secondary N) is 2. The van der Waals surface area contributed by atoms with Crippen LogP contribution >= 0.6 is 0 Å². The molecule has 0 aliphatic carbocycles. The molecule has 2 aromatic carbocycles. The molecule has 1 aliphatic heterocycles. The van der Waals surface area contributed by atoms with E-state index in [9.17, 15) is 4.79 Å². The summed E-state index contributed by atoms with van der Waals surface area (Å²) in [7, 11) is 0. The van der Waals surface area contributed by atoms with Gasteiger partial charge in [0.05, 0.1) is 6.54 Å². The molecule has 6 nitrogen and oxygen atoms in total. The lowest BCUT2D eigenvalue weighted by atomic mass is 10.0. The van der Waals surface area contributed by atoms with Crippen LogP contribution in [0, 0.1) is 0 Å². The molecule has 1 aliphatic rings. The van der Waals surface area contributed by atoms with Crippen LogP contribution in [-0.2, 0) is 0 Å². The van der Waals surface area contributed by atoms with Crippen molar-refractivity contribution in [2.45, 2.75) is 19.8 Å². The molecule has 0 fully saturated rings. The van der Waals surface area contributed by atoms with E-state index in [1.165, 1.54) is 5.56 Å². The maximum atomic E-state index is 12.0. The number of urea groups is 1. The van der Waals surface area contributed by atoms with Crippen LogP contribution in [0.3, 0.4) is 0 Å². The number of hydrogen-bond acceptors (Lipinski definition) is 4. The van der Waals surface area contributed by atoms with Crippen molar-refractivity contribution < 1.29 is 19.0 Å². The molecule has 0 aromatic heterocycles. The molecule has 0 unspecified atom stereocenters. The van der Waals surface area contributed by atoms with Gasteiger partial charge < -0.3 is 24.8 Å². The summed E-state index contributed by atoms with van der Waals surface area (Å²) in [6.45, 7) is 6.16. The van der Waals surface area contributed by atoms with Crippen molar-refractivity contribution in [1.82, 2.24) is 5.32 Å². The summed E-state index contributed by atoms with van der Waals surface area (Å²) in [5.74, 6) is 2.62. The number of ether oxygens (including phenoxy) is 3. The van der Waals surface area contributed by atoms with Crippen LogP contribution in [-0.4, -0.2) is 32.4 Å². The summed E-state index contributed by atoms with van der Waals surface area (Å²) in [5, 5.41) is 5.53. The third-order valence-electron chi connectivity index (χ3n) is 4.00. The second kappa shape index (κ2) is 8.47. The maximum Gasteiger partial charge on any atom is 0.319 e. The first kappa shape index (κ1) is 17.9. The van der Waals surface area contributed by atoms with Gasteiger partial charge in [-0.2, -0.15) is 0 Å². The number of carbonyl (C=O) groups is 1. The van der Waals surface area contributed by atoms with Crippen molar-refractivity contribution in [2.24, 2.45) is 0 Å². The molecule has 0 spiro atoms. The van der Waals surface area contributed by atoms with Gasteiger partial charge in [-0.25, -0.2) is 4.79 Å². The van der Waals surface area contributed by atoms with Gasteiger partial charge in [0.25, 0.3) is 0 Å². The zero-order valence-electron chi connectivity index (χ0n) is 15.1. The fourth-order valence-electron chi connectivity index (χ4n) is 2.58. The molecule has 0 atom stereocenters. The van der Waals surface area contributed by atoms with Crippen molar-refractivity contribution in [2.75, 3.05) is 31.7 Å². The molecule has 2 amide bonds. The minimum Gasteiger partial charge on any atom is -0.492 e. The van der Waals surface area contributed by atoms with Crippen molar-refractivity contribution >= 4 is 11.7 Å². The highest BCUT2D eigenvalue weighted by Gasteiger charge is 2.12. The Balaban J connectivity index is 1.40. The highest BCUT2D eigenvalue weighted by Crippen LogP contribution is 2.32. The van der Waals surface area contributed by atoms with Crippen LogP contribution in [0.15, 0.2) is 42.5 Å². The van der Waals surface area contributed by atoms with Crippen molar-refractivity contribution in [3.05, 3.63) is 48.0 Å². The van der Waals surface area contributed by atoms with E-state index >= 15 is 0 Å². The number of amides is 2. The van der Waals surface area contributed by atoms with Gasteiger partial charge in [-0.1, -0.05) is 26.0 Å². The van der Waals surface area contributed by atoms with Gasteiger partial charge in [0, 0.05) is 11.8 Å². The maximum absolute atomic E-state index is 12.0. The summed E-state index contributed by atoms with van der Waals surface area (Å²) in [6, 6.07) is 13.0. The quantitative estimate of drug-likeness (QED) is 0.773. The Morgan fingerprint density at radius 3 is 2.54 bits per heavy atom. The molecule has 0 saturated heterocycles. The second-order valence-corrected chi connectivity index (χ2v) is 6.31. The minimum absolute atomic E-state index is 0.291. The van der Waals surface area contributed by atoms with E-state index in [4.69, 9.17) is 14.2 Å². The summed E-state index contributed by atoms with van der Waals surface area (Å²) in [4.78, 5) is 12.0. The number of anilines is 1. The topological polar surface area (TPSA) is 68.8 Å². The number of rotatable bonds is 6. The van der Waals surface area contributed by atoms with Crippen LogP contribution in [0.2, 0.25) is 0 Å². The fraction of sp³-hybridized carbons (Fsp3) is 0.350. The molecule has 2 aromatic rings. The van der Waals surface area contributed by atoms with Crippen molar-refractivity contribution in [3.8, 4) is 17.2 Å². The van der Waals surface area contributed by atoms with Gasteiger partial charge in [-0.05, 0) is 35.7 Å². The van der Waals surface area contributed by atoms with Gasteiger partial charge in [0.1, 0.15) is 25.6 Å². The van der Waals surface area contributed by atoms with Gasteiger partial charge in [-0.3, -0.25) is 0 Å². The minimum atomic E-state index is -0.291. The number of benzene rings is 2. The molecule has 1 heterocycles. The Morgan fingerprint density at radius 1 is 1.08 bits per heavy atom. The Labute approximate surface area is 153 Å². The van der Waals surface area contributed by atoms with Gasteiger partial charge >= 0.3 is 6.03 Å². The van der Waals surface area contributed by atoms with Crippen molar-refractivity contribution in [3.63, 3.8) is 0 Å². The summed E-state index contributed by atoms with van der Waals surface area (Å²) in [6.07, 6.45) is 0. The first-order chi connectivity index (χ1) is 12.6. The smallest absolute Gasteiger partial charge is 0.319 e. The van der Waals surface area contributed by atoms with Crippen molar-refractivity contribution in [1.29, 1.82) is 0 Å². The Morgan fingerprint density at radius 2 is 1.81 bits per heavy atom. The van der Waals surface area contributed by atoms with E-state index in [1.54, 1.807) is 18.2 Å². The number of carbonyl (C=O) groups excluding carboxylic acids is 1. The average molecular weight is 356 g/mol. The standard InChI is InChI=1S/C20H24N2O4/c1-14(2)15-3-6-17(7-4-15)24-10-9-21-20(23)22-16-5-8-18-19(13-16)26-12-11-25-18/h3-8,13-14H,9-12H2,1-2H3,(H2,21,22,23). The summed E-state index contributed by atoms with van der Waals surface area (Å²) >= 11 is 0. The molecule has 0 saturated carbocycles. The molecule has 3 rings (SSSR count). The zero-order chi connectivity index (χ0) is 18.4. The predicted molar refractivity (Wildman–Crippen MR) is 100 cm³/mol. The number of hydrogen-bond donors (Lipinski definition) is 2. The van der Waals surface area contributed by atoms with Crippen LogP contribution in [0.4, 0.5) is 10.5 Å². The van der Waals surface area contributed by atoms with Crippen LogP contribution < -0.4 is 24.8 Å². The third kappa shape index (κ3) is 4.81. The average Bonchev–Trinajstić information content (AvgIpc) is 2.65. The van der Waals surface area contributed by atoms with E-state index in [0.717, 1.165) is 5.75 Å². The number of fused-ring (bicyclic) bond motifs is 1. The molecule has 2 N–H and O–H groups in total. The largest absolute Gasteiger partial charge is 0.492 e. The van der Waals surface area contributed by atoms with E-state index in [2.05, 4.69) is 36.6 Å². The Bertz CT molecular complexity index is 744. The van der Waals surface area contributed by atoms with Crippen LogP contribution in [0.1, 0.15) is 25.3 Å². The van der Waals surface area contributed by atoms with Crippen LogP contribution in [0.5, 0.6) is 17.2 Å². The lowest BCUT2D eigenvalue weighted by Gasteiger charge is -2.19. The fourth-order valence-corrected chi connectivity index (χ4v) is 2.58. The Kier molecular flexibility index (Phi) is 5.84. The van der Waals surface area contributed by atoms with E-state index in [1.807, 2.05) is 12.1 Å². The highest BCUT2D eigenvalue weighted by atomic mass is 16.6. The Hall–Kier alpha value is -2.89. The van der Waals surface area contributed by atoms with E-state index in [0.29, 0.717) is 49.5 Å². The van der Waals surface area contributed by atoms with E-state index < -0.39 is 0 Å². The molecule has 0 radical (unpaired) electrons. The summed E-state index contributed by atoms with van der Waals surface area (Å²) < 4.78 is 16.6. The summed E-state index contributed by atoms with van der Waals surface area (Å²) in [5.41, 5.74) is 1.92. The molecule has 0 bridgehead atoms. The monoisotopic (exact) mass is 356 g/mol. The lowest BCUT2D eigenvalue weighted by molar-refractivity contribution is 0.171. The molecular weight excluding hydrogens is 332 g/mol. The molecule has 6 heteroatoms. The zero-order valence-corrected chi connectivity index (χ0v) is 15.1.